The smallest absolute Gasteiger partial charge is 0.256 e. The zero-order valence-corrected chi connectivity index (χ0v) is 18.5. The van der Waals surface area contributed by atoms with Crippen molar-refractivity contribution in [3.63, 3.8) is 0 Å². The van der Waals surface area contributed by atoms with Gasteiger partial charge in [0.2, 0.25) is 16.6 Å². The number of benzene rings is 2. The molecule has 1 aliphatic heterocycles. The summed E-state index contributed by atoms with van der Waals surface area (Å²) in [6, 6.07) is 13.1. The quantitative estimate of drug-likeness (QED) is 0.617. The number of amides is 1. The number of nitrogens with zero attached hydrogens (tertiary/aromatic N) is 1. The van der Waals surface area contributed by atoms with Gasteiger partial charge in [0.1, 0.15) is 10.7 Å². The van der Waals surface area contributed by atoms with Crippen molar-refractivity contribution in [1.29, 1.82) is 0 Å². The van der Waals surface area contributed by atoms with E-state index in [9.17, 15) is 13.2 Å². The molecular weight excluding hydrogens is 416 g/mol. The number of aromatic nitrogens is 1. The molecule has 4 rings (SSSR count). The van der Waals surface area contributed by atoms with E-state index >= 15 is 0 Å². The van der Waals surface area contributed by atoms with Gasteiger partial charge in [-0.25, -0.2) is 8.42 Å². The number of sulfone groups is 1. The second-order valence-electron chi connectivity index (χ2n) is 7.38. The van der Waals surface area contributed by atoms with E-state index in [4.69, 9.17) is 9.47 Å². The molecule has 8 heteroatoms. The molecule has 1 N–H and O–H groups in total. The predicted molar refractivity (Wildman–Crippen MR) is 117 cm³/mol. The molecule has 2 aromatic carbocycles. The minimum Gasteiger partial charge on any atom is -0.454 e. The molecule has 0 saturated heterocycles. The van der Waals surface area contributed by atoms with E-state index in [1.165, 1.54) is 0 Å². The van der Waals surface area contributed by atoms with Crippen molar-refractivity contribution < 1.29 is 22.7 Å². The Kier molecular flexibility index (Phi) is 5.49. The Bertz CT molecular complexity index is 1250. The van der Waals surface area contributed by atoms with Crippen LogP contribution in [0.15, 0.2) is 58.3 Å². The molecule has 3 aromatic rings. The lowest BCUT2D eigenvalue weighted by Gasteiger charge is -2.14. The first-order valence-corrected chi connectivity index (χ1v) is 11.5. The highest BCUT2D eigenvalue weighted by Crippen LogP contribution is 2.37. The summed E-state index contributed by atoms with van der Waals surface area (Å²) in [4.78, 5) is 13.4. The highest BCUT2D eigenvalue weighted by atomic mass is 32.2. The van der Waals surface area contributed by atoms with Crippen LogP contribution in [-0.2, 0) is 16.4 Å². The maximum Gasteiger partial charge on any atom is 0.256 e. The number of rotatable bonds is 6. The molecule has 0 spiro atoms. The van der Waals surface area contributed by atoms with Crippen molar-refractivity contribution in [2.45, 2.75) is 43.5 Å². The topological polar surface area (TPSA) is 86.6 Å². The van der Waals surface area contributed by atoms with Gasteiger partial charge in [-0.1, -0.05) is 25.1 Å². The Hall–Kier alpha value is -3.26. The molecule has 0 saturated carbocycles. The fourth-order valence-electron chi connectivity index (χ4n) is 3.73. The van der Waals surface area contributed by atoms with E-state index in [2.05, 4.69) is 5.32 Å². The number of nitrogens with one attached hydrogen (secondary N) is 1. The summed E-state index contributed by atoms with van der Waals surface area (Å²) in [5, 5.41) is 2.86. The van der Waals surface area contributed by atoms with Crippen molar-refractivity contribution >= 4 is 21.6 Å². The molecule has 0 bridgehead atoms. The summed E-state index contributed by atoms with van der Waals surface area (Å²) in [5.74, 6) is 0.923. The van der Waals surface area contributed by atoms with Crippen LogP contribution < -0.4 is 14.8 Å². The lowest BCUT2D eigenvalue weighted by atomic mass is 10.2. The Morgan fingerprint density at radius 1 is 1.06 bits per heavy atom. The maximum absolute atomic E-state index is 13.5. The van der Waals surface area contributed by atoms with Crippen LogP contribution in [0.5, 0.6) is 11.5 Å². The summed E-state index contributed by atoms with van der Waals surface area (Å²) >= 11 is 0. The standard InChI is InChI=1S/C23H24N2O5S/c1-4-12-25-16(3)15(2)21(31(27,28)18-8-6-5-7-9-18)22(25)24-23(26)17-10-11-19-20(13-17)30-14-29-19/h5-11,13H,4,12,14H2,1-3H3,(H,24,26). The summed E-state index contributed by atoms with van der Waals surface area (Å²) < 4.78 is 39.5. The highest BCUT2D eigenvalue weighted by molar-refractivity contribution is 7.91. The van der Waals surface area contributed by atoms with Crippen LogP contribution in [-0.4, -0.2) is 25.7 Å². The van der Waals surface area contributed by atoms with Crippen LogP contribution in [0, 0.1) is 13.8 Å². The molecule has 1 amide bonds. The number of carbonyl (C=O) groups is 1. The van der Waals surface area contributed by atoms with Crippen molar-refractivity contribution in [3.8, 4) is 11.5 Å². The second kappa shape index (κ2) is 8.11. The lowest BCUT2D eigenvalue weighted by Crippen LogP contribution is -2.18. The average molecular weight is 441 g/mol. The van der Waals surface area contributed by atoms with Crippen molar-refractivity contribution in [1.82, 2.24) is 4.57 Å². The van der Waals surface area contributed by atoms with Crippen LogP contribution in [0.1, 0.15) is 35.0 Å². The SMILES string of the molecule is CCCn1c(C)c(C)c(S(=O)(=O)c2ccccc2)c1NC(=O)c1ccc2c(c1)OCO2. The van der Waals surface area contributed by atoms with Gasteiger partial charge in [0.15, 0.2) is 11.5 Å². The highest BCUT2D eigenvalue weighted by Gasteiger charge is 2.30. The third kappa shape index (κ3) is 3.67. The van der Waals surface area contributed by atoms with Gasteiger partial charge in [-0.3, -0.25) is 4.79 Å². The van der Waals surface area contributed by atoms with Gasteiger partial charge in [0.05, 0.1) is 4.90 Å². The first-order valence-electron chi connectivity index (χ1n) is 10.1. The first kappa shape index (κ1) is 21.0. The van der Waals surface area contributed by atoms with Crippen molar-refractivity contribution in [2.75, 3.05) is 12.1 Å². The number of anilines is 1. The van der Waals surface area contributed by atoms with Crippen molar-refractivity contribution in [2.24, 2.45) is 0 Å². The van der Waals surface area contributed by atoms with E-state index in [0.717, 1.165) is 12.1 Å². The van der Waals surface area contributed by atoms with Crippen LogP contribution >= 0.6 is 0 Å². The molecule has 0 fully saturated rings. The number of fused-ring (bicyclic) bond motifs is 1. The Morgan fingerprint density at radius 2 is 1.77 bits per heavy atom. The van der Waals surface area contributed by atoms with E-state index in [1.54, 1.807) is 55.5 Å². The van der Waals surface area contributed by atoms with Gasteiger partial charge in [0.25, 0.3) is 5.91 Å². The lowest BCUT2D eigenvalue weighted by molar-refractivity contribution is 0.102. The molecule has 0 aliphatic carbocycles. The van der Waals surface area contributed by atoms with Crippen LogP contribution in [0.3, 0.4) is 0 Å². The molecule has 0 atom stereocenters. The number of hydrogen-bond acceptors (Lipinski definition) is 5. The van der Waals surface area contributed by atoms with Gasteiger partial charge in [-0.15, -0.1) is 0 Å². The van der Waals surface area contributed by atoms with E-state index in [-0.39, 0.29) is 22.4 Å². The zero-order chi connectivity index (χ0) is 22.2. The number of hydrogen-bond donors (Lipinski definition) is 1. The average Bonchev–Trinajstić information content (AvgIpc) is 3.33. The van der Waals surface area contributed by atoms with Gasteiger partial charge in [0, 0.05) is 17.8 Å². The summed E-state index contributed by atoms with van der Waals surface area (Å²) in [5.41, 5.74) is 1.78. The van der Waals surface area contributed by atoms with Crippen molar-refractivity contribution in [3.05, 3.63) is 65.4 Å². The van der Waals surface area contributed by atoms with E-state index in [1.807, 2.05) is 18.4 Å². The Labute approximate surface area is 181 Å². The molecule has 1 aliphatic rings. The fourth-order valence-corrected chi connectivity index (χ4v) is 5.44. The number of ether oxygens (including phenoxy) is 2. The third-order valence-corrected chi connectivity index (χ3v) is 7.34. The molecular formula is C23H24N2O5S. The molecule has 7 nitrogen and oxygen atoms in total. The molecule has 31 heavy (non-hydrogen) atoms. The second-order valence-corrected chi connectivity index (χ2v) is 9.26. The molecule has 162 valence electrons. The predicted octanol–water partition coefficient (Wildman–Crippen LogP) is 4.33. The van der Waals surface area contributed by atoms with E-state index in [0.29, 0.717) is 29.2 Å². The minimum atomic E-state index is -3.84. The molecule has 0 unspecified atom stereocenters. The summed E-state index contributed by atoms with van der Waals surface area (Å²) in [6.07, 6.45) is 0.784. The fraction of sp³-hybridized carbons (Fsp3) is 0.261. The van der Waals surface area contributed by atoms with Gasteiger partial charge in [-0.05, 0) is 56.2 Å². The number of carbonyl (C=O) groups excluding carboxylic acids is 1. The molecule has 2 heterocycles. The Balaban J connectivity index is 1.81. The monoisotopic (exact) mass is 440 g/mol. The van der Waals surface area contributed by atoms with Gasteiger partial charge in [-0.2, -0.15) is 0 Å². The molecule has 1 aromatic heterocycles. The van der Waals surface area contributed by atoms with Crippen LogP contribution in [0.2, 0.25) is 0 Å². The van der Waals surface area contributed by atoms with Crippen LogP contribution in [0.4, 0.5) is 5.82 Å². The Morgan fingerprint density at radius 3 is 2.48 bits per heavy atom. The third-order valence-electron chi connectivity index (χ3n) is 5.41. The van der Waals surface area contributed by atoms with E-state index < -0.39 is 15.7 Å². The largest absolute Gasteiger partial charge is 0.454 e. The zero-order valence-electron chi connectivity index (χ0n) is 17.6. The summed E-state index contributed by atoms with van der Waals surface area (Å²) in [6.45, 7) is 6.33. The maximum atomic E-state index is 13.5. The van der Waals surface area contributed by atoms with Crippen LogP contribution in [0.25, 0.3) is 0 Å². The summed E-state index contributed by atoms with van der Waals surface area (Å²) in [7, 11) is -3.84. The minimum absolute atomic E-state index is 0.109. The first-order chi connectivity index (χ1) is 14.8. The van der Waals surface area contributed by atoms with Gasteiger partial charge >= 0.3 is 0 Å². The normalized spacial score (nSPS) is 12.7. The van der Waals surface area contributed by atoms with Gasteiger partial charge < -0.3 is 19.4 Å². The molecule has 0 radical (unpaired) electrons.